The Kier molecular flexibility index (Phi) is 4.07. The Morgan fingerprint density at radius 1 is 1.31 bits per heavy atom. The van der Waals surface area contributed by atoms with Gasteiger partial charge in [-0.05, 0) is 38.8 Å². The van der Waals surface area contributed by atoms with Gasteiger partial charge in [0, 0.05) is 0 Å². The average Bonchev–Trinajstić information content (AvgIpc) is 2.16. The van der Waals surface area contributed by atoms with Crippen LogP contribution < -0.4 is 11.1 Å². The molecular weight excluding hydrogens is 200 g/mol. The van der Waals surface area contributed by atoms with E-state index in [0.717, 1.165) is 5.56 Å². The van der Waals surface area contributed by atoms with Crippen molar-refractivity contribution in [1.82, 2.24) is 5.32 Å². The third-order valence-corrected chi connectivity index (χ3v) is 2.66. The number of carbonyl (C=O) groups is 1. The van der Waals surface area contributed by atoms with Crippen LogP contribution in [0.2, 0.25) is 0 Å². The van der Waals surface area contributed by atoms with Crippen LogP contribution in [0.5, 0.6) is 0 Å². The van der Waals surface area contributed by atoms with Crippen molar-refractivity contribution in [2.24, 2.45) is 5.73 Å². The molecule has 0 aliphatic heterocycles. The van der Waals surface area contributed by atoms with Gasteiger partial charge in [0.25, 0.3) is 0 Å². The molecule has 0 aliphatic carbocycles. The van der Waals surface area contributed by atoms with Crippen molar-refractivity contribution in [3.05, 3.63) is 34.9 Å². The molecule has 3 N–H and O–H groups in total. The summed E-state index contributed by atoms with van der Waals surface area (Å²) in [6.45, 7) is 7.76. The molecule has 2 unspecified atom stereocenters. The molecule has 88 valence electrons. The largest absolute Gasteiger partial charge is 0.348 e. The molecule has 0 radical (unpaired) electrons. The fourth-order valence-corrected chi connectivity index (χ4v) is 1.73. The highest BCUT2D eigenvalue weighted by atomic mass is 16.2. The summed E-state index contributed by atoms with van der Waals surface area (Å²) in [6, 6.07) is 5.75. The van der Waals surface area contributed by atoms with Crippen molar-refractivity contribution in [2.45, 2.75) is 39.8 Å². The Morgan fingerprint density at radius 2 is 1.94 bits per heavy atom. The Bertz CT molecular complexity index is 386. The van der Waals surface area contributed by atoms with Gasteiger partial charge in [0.2, 0.25) is 5.91 Å². The molecule has 1 amide bonds. The summed E-state index contributed by atoms with van der Waals surface area (Å²) >= 11 is 0. The molecule has 16 heavy (non-hydrogen) atoms. The van der Waals surface area contributed by atoms with E-state index in [1.807, 2.05) is 6.92 Å². The predicted molar refractivity (Wildman–Crippen MR) is 66.1 cm³/mol. The molecule has 3 nitrogen and oxygen atoms in total. The highest BCUT2D eigenvalue weighted by Crippen LogP contribution is 2.18. The Labute approximate surface area is 97.0 Å². The molecular formula is C13H20N2O. The minimum Gasteiger partial charge on any atom is -0.348 e. The topological polar surface area (TPSA) is 55.1 Å². The van der Waals surface area contributed by atoms with E-state index in [2.05, 4.69) is 37.4 Å². The van der Waals surface area contributed by atoms with Crippen molar-refractivity contribution >= 4 is 5.91 Å². The van der Waals surface area contributed by atoms with Crippen LogP contribution in [0.1, 0.15) is 36.6 Å². The molecule has 0 spiro atoms. The summed E-state index contributed by atoms with van der Waals surface area (Å²) in [4.78, 5) is 11.5. The van der Waals surface area contributed by atoms with E-state index in [9.17, 15) is 4.79 Å². The first-order valence-electron chi connectivity index (χ1n) is 5.55. The number of amides is 1. The molecule has 0 bridgehead atoms. The number of nitrogens with two attached hydrogens (primary N) is 1. The summed E-state index contributed by atoms with van der Waals surface area (Å²) in [7, 11) is 0. The van der Waals surface area contributed by atoms with Gasteiger partial charge in [0.1, 0.15) is 0 Å². The van der Waals surface area contributed by atoms with Gasteiger partial charge in [-0.25, -0.2) is 0 Å². The van der Waals surface area contributed by atoms with Crippen LogP contribution >= 0.6 is 0 Å². The maximum atomic E-state index is 11.5. The molecule has 2 atom stereocenters. The first kappa shape index (κ1) is 12.7. The van der Waals surface area contributed by atoms with E-state index in [0.29, 0.717) is 0 Å². The number of nitrogens with one attached hydrogen (secondary N) is 1. The molecule has 0 saturated heterocycles. The smallest absolute Gasteiger partial charge is 0.237 e. The lowest BCUT2D eigenvalue weighted by Crippen LogP contribution is -2.39. The quantitative estimate of drug-likeness (QED) is 0.816. The molecule has 0 heterocycles. The minimum atomic E-state index is -0.465. The molecule has 0 fully saturated rings. The number of carbonyl (C=O) groups excluding carboxylic acids is 1. The first-order valence-corrected chi connectivity index (χ1v) is 5.55. The zero-order valence-electron chi connectivity index (χ0n) is 10.4. The third kappa shape index (κ3) is 3.07. The number of hydrogen-bond acceptors (Lipinski definition) is 2. The van der Waals surface area contributed by atoms with E-state index in [1.54, 1.807) is 6.92 Å². The molecule has 1 rings (SSSR count). The fourth-order valence-electron chi connectivity index (χ4n) is 1.73. The molecule has 1 aromatic carbocycles. The van der Waals surface area contributed by atoms with Crippen molar-refractivity contribution in [3.8, 4) is 0 Å². The summed E-state index contributed by atoms with van der Waals surface area (Å²) in [6.07, 6.45) is 0. The van der Waals surface area contributed by atoms with E-state index >= 15 is 0 Å². The van der Waals surface area contributed by atoms with Crippen molar-refractivity contribution in [2.75, 3.05) is 0 Å². The lowest BCUT2D eigenvalue weighted by atomic mass is 10.00. The second kappa shape index (κ2) is 5.12. The van der Waals surface area contributed by atoms with Crippen LogP contribution in [0.4, 0.5) is 0 Å². The van der Waals surface area contributed by atoms with E-state index in [1.165, 1.54) is 11.1 Å². The predicted octanol–water partition coefficient (Wildman–Crippen LogP) is 1.83. The van der Waals surface area contributed by atoms with Gasteiger partial charge in [0.05, 0.1) is 12.1 Å². The maximum absolute atomic E-state index is 11.5. The molecule has 3 heteroatoms. The Morgan fingerprint density at radius 3 is 2.44 bits per heavy atom. The zero-order chi connectivity index (χ0) is 12.3. The van der Waals surface area contributed by atoms with Crippen molar-refractivity contribution < 1.29 is 4.79 Å². The van der Waals surface area contributed by atoms with Crippen LogP contribution in [0.15, 0.2) is 18.2 Å². The standard InChI is InChI=1S/C13H20N2O/c1-8-5-6-12(9(2)7-8)11(4)15-13(16)10(3)14/h5-7,10-11H,14H2,1-4H3,(H,15,16). The highest BCUT2D eigenvalue weighted by molar-refractivity contribution is 5.81. The van der Waals surface area contributed by atoms with Crippen molar-refractivity contribution in [1.29, 1.82) is 0 Å². The zero-order valence-corrected chi connectivity index (χ0v) is 10.4. The van der Waals surface area contributed by atoms with Crippen LogP contribution in [0.3, 0.4) is 0 Å². The van der Waals surface area contributed by atoms with Gasteiger partial charge in [-0.2, -0.15) is 0 Å². The normalized spacial score (nSPS) is 14.3. The average molecular weight is 220 g/mol. The van der Waals surface area contributed by atoms with Gasteiger partial charge in [-0.1, -0.05) is 23.8 Å². The molecule has 1 aromatic rings. The fraction of sp³-hybridized carbons (Fsp3) is 0.462. The second-order valence-electron chi connectivity index (χ2n) is 4.38. The van der Waals surface area contributed by atoms with Gasteiger partial charge in [-0.15, -0.1) is 0 Å². The van der Waals surface area contributed by atoms with Crippen LogP contribution in [-0.4, -0.2) is 11.9 Å². The SMILES string of the molecule is Cc1ccc(C(C)NC(=O)C(C)N)c(C)c1. The highest BCUT2D eigenvalue weighted by Gasteiger charge is 2.13. The Balaban J connectivity index is 2.80. The van der Waals surface area contributed by atoms with E-state index in [-0.39, 0.29) is 11.9 Å². The molecule has 0 aliphatic rings. The van der Waals surface area contributed by atoms with Gasteiger partial charge in [0.15, 0.2) is 0 Å². The molecule has 0 saturated carbocycles. The van der Waals surface area contributed by atoms with E-state index < -0.39 is 6.04 Å². The maximum Gasteiger partial charge on any atom is 0.237 e. The molecule has 0 aromatic heterocycles. The first-order chi connectivity index (χ1) is 7.41. The van der Waals surface area contributed by atoms with E-state index in [4.69, 9.17) is 5.73 Å². The minimum absolute atomic E-state index is 0.000833. The number of rotatable bonds is 3. The lowest BCUT2D eigenvalue weighted by Gasteiger charge is -2.18. The van der Waals surface area contributed by atoms with Gasteiger partial charge in [-0.3, -0.25) is 4.79 Å². The van der Waals surface area contributed by atoms with Crippen LogP contribution in [0, 0.1) is 13.8 Å². The summed E-state index contributed by atoms with van der Waals surface area (Å²) in [5.74, 6) is -0.118. The number of aryl methyl sites for hydroxylation is 2. The van der Waals surface area contributed by atoms with Gasteiger partial charge >= 0.3 is 0 Å². The summed E-state index contributed by atoms with van der Waals surface area (Å²) in [5, 5.41) is 2.89. The van der Waals surface area contributed by atoms with Crippen molar-refractivity contribution in [3.63, 3.8) is 0 Å². The Hall–Kier alpha value is -1.35. The number of benzene rings is 1. The van der Waals surface area contributed by atoms with Gasteiger partial charge < -0.3 is 11.1 Å². The van der Waals surface area contributed by atoms with Crippen LogP contribution in [-0.2, 0) is 4.79 Å². The van der Waals surface area contributed by atoms with Crippen LogP contribution in [0.25, 0.3) is 0 Å². The number of hydrogen-bond donors (Lipinski definition) is 2. The summed E-state index contributed by atoms with van der Waals surface area (Å²) in [5.41, 5.74) is 9.07. The second-order valence-corrected chi connectivity index (χ2v) is 4.38. The lowest BCUT2D eigenvalue weighted by molar-refractivity contribution is -0.122. The monoisotopic (exact) mass is 220 g/mol. The third-order valence-electron chi connectivity index (χ3n) is 2.66. The summed E-state index contributed by atoms with van der Waals surface area (Å²) < 4.78 is 0.